The first-order valence-corrected chi connectivity index (χ1v) is 9.92. The Hall–Kier alpha value is -2.47. The summed E-state index contributed by atoms with van der Waals surface area (Å²) in [7, 11) is -1.98. The maximum absolute atomic E-state index is 12.9. The van der Waals surface area contributed by atoms with Gasteiger partial charge in [-0.2, -0.15) is 0 Å². The van der Waals surface area contributed by atoms with Crippen molar-refractivity contribution in [2.45, 2.75) is 31.3 Å². The van der Waals surface area contributed by atoms with Crippen LogP contribution in [0.3, 0.4) is 0 Å². The lowest BCUT2D eigenvalue weighted by molar-refractivity contribution is 0.116. The van der Waals surface area contributed by atoms with Gasteiger partial charge in [-0.25, -0.2) is 8.42 Å². The highest BCUT2D eigenvalue weighted by Gasteiger charge is 2.27. The largest absolute Gasteiger partial charge is 0.497 e. The van der Waals surface area contributed by atoms with E-state index in [0.717, 1.165) is 16.9 Å². The van der Waals surface area contributed by atoms with Gasteiger partial charge in [0.05, 0.1) is 18.2 Å². The molecule has 1 unspecified atom stereocenters. The highest BCUT2D eigenvalue weighted by molar-refractivity contribution is 7.89. The van der Waals surface area contributed by atoms with Gasteiger partial charge in [0.25, 0.3) is 10.0 Å². The van der Waals surface area contributed by atoms with Crippen LogP contribution in [0.25, 0.3) is 0 Å². The van der Waals surface area contributed by atoms with E-state index < -0.39 is 10.0 Å². The van der Waals surface area contributed by atoms with Crippen molar-refractivity contribution in [3.63, 3.8) is 0 Å². The zero-order valence-corrected chi connectivity index (χ0v) is 16.0. The van der Waals surface area contributed by atoms with Crippen LogP contribution >= 0.6 is 0 Å². The Morgan fingerprint density at radius 3 is 2.54 bits per heavy atom. The number of benzene rings is 2. The third-order valence-electron chi connectivity index (χ3n) is 4.36. The van der Waals surface area contributed by atoms with Gasteiger partial charge in [0, 0.05) is 13.0 Å². The first-order valence-electron chi connectivity index (χ1n) is 8.47. The lowest BCUT2D eigenvalue weighted by Gasteiger charge is -2.20. The number of nitrogens with zero attached hydrogens (tertiary/aromatic N) is 1. The number of allylic oxidation sites excluding steroid dienone is 1. The Balaban J connectivity index is 1.85. The lowest BCUT2D eigenvalue weighted by Crippen LogP contribution is -2.27. The Morgan fingerprint density at radius 1 is 1.12 bits per heavy atom. The molecule has 2 aromatic carbocycles. The second-order valence-electron chi connectivity index (χ2n) is 6.34. The summed E-state index contributed by atoms with van der Waals surface area (Å²) in [6.45, 7) is 4.05. The molecule has 0 bridgehead atoms. The normalized spacial score (nSPS) is 17.9. The van der Waals surface area contributed by atoms with E-state index in [2.05, 4.69) is 0 Å². The summed E-state index contributed by atoms with van der Waals surface area (Å²) >= 11 is 0. The number of rotatable bonds is 4. The fourth-order valence-corrected chi connectivity index (χ4v) is 4.32. The molecule has 1 heterocycles. The summed E-state index contributed by atoms with van der Waals surface area (Å²) in [6, 6.07) is 14.5. The molecule has 26 heavy (non-hydrogen) atoms. The third kappa shape index (κ3) is 3.85. The van der Waals surface area contributed by atoms with E-state index in [1.54, 1.807) is 44.5 Å². The van der Waals surface area contributed by atoms with Crippen LogP contribution in [0, 0.1) is 6.92 Å². The predicted molar refractivity (Wildman–Crippen MR) is 100 cm³/mol. The predicted octanol–water partition coefficient (Wildman–Crippen LogP) is 4.02. The van der Waals surface area contributed by atoms with Gasteiger partial charge >= 0.3 is 0 Å². The molecular formula is C20H23NO4S. The van der Waals surface area contributed by atoms with Crippen molar-refractivity contribution in [1.29, 1.82) is 0 Å². The molecule has 1 aliphatic heterocycles. The molecule has 0 N–H and O–H groups in total. The average molecular weight is 373 g/mol. The van der Waals surface area contributed by atoms with Crippen molar-refractivity contribution >= 4 is 10.0 Å². The molecule has 6 heteroatoms. The third-order valence-corrected chi connectivity index (χ3v) is 6.13. The topological polar surface area (TPSA) is 55.8 Å². The highest BCUT2D eigenvalue weighted by Crippen LogP contribution is 2.31. The van der Waals surface area contributed by atoms with Gasteiger partial charge < -0.3 is 9.47 Å². The van der Waals surface area contributed by atoms with Crippen molar-refractivity contribution in [2.75, 3.05) is 13.7 Å². The summed E-state index contributed by atoms with van der Waals surface area (Å²) in [4.78, 5) is 0.284. The van der Waals surface area contributed by atoms with Crippen molar-refractivity contribution in [2.24, 2.45) is 0 Å². The van der Waals surface area contributed by atoms with E-state index in [4.69, 9.17) is 9.47 Å². The number of sulfonamides is 1. The van der Waals surface area contributed by atoms with Crippen LogP contribution < -0.4 is 4.74 Å². The Morgan fingerprint density at radius 2 is 1.85 bits per heavy atom. The Labute approximate surface area is 154 Å². The van der Waals surface area contributed by atoms with Gasteiger partial charge in [-0.1, -0.05) is 29.8 Å². The molecule has 2 aromatic rings. The standard InChI is InChI=1S/C20H23NO4S/c1-15-7-9-19(10-8-15)26(22,23)21-12-11-20(25-16(2)14-21)17-5-4-6-18(13-17)24-3/h4-10,13-14,20H,11-12H2,1-3H3. The van der Waals surface area contributed by atoms with Crippen LogP contribution in [0.15, 0.2) is 65.4 Å². The van der Waals surface area contributed by atoms with Gasteiger partial charge in [0.15, 0.2) is 0 Å². The van der Waals surface area contributed by atoms with Crippen LogP contribution in [-0.2, 0) is 14.8 Å². The van der Waals surface area contributed by atoms with Crippen molar-refractivity contribution in [1.82, 2.24) is 4.31 Å². The SMILES string of the molecule is COc1cccc(C2CCN(S(=O)(=O)c3ccc(C)cc3)C=C(C)O2)c1. The van der Waals surface area contributed by atoms with Crippen molar-refractivity contribution in [3.8, 4) is 5.75 Å². The molecule has 0 saturated heterocycles. The fraction of sp³-hybridized carbons (Fsp3) is 0.300. The Bertz CT molecular complexity index is 904. The van der Waals surface area contributed by atoms with Crippen LogP contribution in [0.5, 0.6) is 5.75 Å². The summed E-state index contributed by atoms with van der Waals surface area (Å²) < 4.78 is 38.5. The van der Waals surface area contributed by atoms with Gasteiger partial charge in [0.1, 0.15) is 17.6 Å². The minimum absolute atomic E-state index is 0.223. The fourth-order valence-electron chi connectivity index (χ4n) is 2.94. The zero-order valence-electron chi connectivity index (χ0n) is 15.2. The number of hydrogen-bond donors (Lipinski definition) is 0. The number of hydrogen-bond acceptors (Lipinski definition) is 4. The zero-order chi connectivity index (χ0) is 18.7. The second kappa shape index (κ2) is 7.41. The summed E-state index contributed by atoms with van der Waals surface area (Å²) in [5.74, 6) is 1.31. The molecule has 0 aliphatic carbocycles. The molecule has 138 valence electrons. The van der Waals surface area contributed by atoms with Gasteiger partial charge in [-0.15, -0.1) is 0 Å². The van der Waals surface area contributed by atoms with Gasteiger partial charge in [-0.3, -0.25) is 4.31 Å². The monoisotopic (exact) mass is 373 g/mol. The van der Waals surface area contributed by atoms with Crippen molar-refractivity contribution in [3.05, 3.63) is 71.6 Å². The summed E-state index contributed by atoms with van der Waals surface area (Å²) in [5, 5.41) is 0. The second-order valence-corrected chi connectivity index (χ2v) is 8.23. The highest BCUT2D eigenvalue weighted by atomic mass is 32.2. The van der Waals surface area contributed by atoms with Crippen LogP contribution in [-0.4, -0.2) is 26.4 Å². The molecule has 1 aliphatic rings. The van der Waals surface area contributed by atoms with Gasteiger partial charge in [-0.05, 0) is 43.7 Å². The van der Waals surface area contributed by atoms with E-state index >= 15 is 0 Å². The Kier molecular flexibility index (Phi) is 5.23. The van der Waals surface area contributed by atoms with Gasteiger partial charge in [0.2, 0.25) is 0 Å². The average Bonchev–Trinajstić information content (AvgIpc) is 2.84. The molecule has 5 nitrogen and oxygen atoms in total. The first-order chi connectivity index (χ1) is 12.4. The van der Waals surface area contributed by atoms with E-state index in [9.17, 15) is 8.42 Å². The maximum Gasteiger partial charge on any atom is 0.263 e. The van der Waals surface area contributed by atoms with Crippen LogP contribution in [0.4, 0.5) is 0 Å². The number of ether oxygens (including phenoxy) is 2. The van der Waals surface area contributed by atoms with E-state index in [0.29, 0.717) is 18.7 Å². The molecule has 0 aromatic heterocycles. The quantitative estimate of drug-likeness (QED) is 0.812. The molecule has 0 amide bonds. The molecule has 0 radical (unpaired) electrons. The first kappa shape index (κ1) is 18.3. The molecule has 0 saturated carbocycles. The molecule has 3 rings (SSSR count). The summed E-state index contributed by atoms with van der Waals surface area (Å²) in [5.41, 5.74) is 1.99. The van der Waals surface area contributed by atoms with E-state index in [-0.39, 0.29) is 11.0 Å². The number of methoxy groups -OCH3 is 1. The van der Waals surface area contributed by atoms with E-state index in [1.165, 1.54) is 4.31 Å². The molecular weight excluding hydrogens is 350 g/mol. The maximum atomic E-state index is 12.9. The van der Waals surface area contributed by atoms with Crippen LogP contribution in [0.1, 0.15) is 30.6 Å². The molecule has 0 fully saturated rings. The molecule has 0 spiro atoms. The molecule has 1 atom stereocenters. The minimum atomic E-state index is -3.60. The lowest BCUT2D eigenvalue weighted by atomic mass is 10.1. The van der Waals surface area contributed by atoms with Crippen LogP contribution in [0.2, 0.25) is 0 Å². The smallest absolute Gasteiger partial charge is 0.263 e. The summed E-state index contributed by atoms with van der Waals surface area (Å²) in [6.07, 6.45) is 1.89. The van der Waals surface area contributed by atoms with E-state index in [1.807, 2.05) is 31.2 Å². The number of aryl methyl sites for hydroxylation is 1. The van der Waals surface area contributed by atoms with Crippen molar-refractivity contribution < 1.29 is 17.9 Å². The minimum Gasteiger partial charge on any atom is -0.497 e.